The summed E-state index contributed by atoms with van der Waals surface area (Å²) in [6.45, 7) is 0.544. The predicted octanol–water partition coefficient (Wildman–Crippen LogP) is 1.02. The van der Waals surface area contributed by atoms with Crippen molar-refractivity contribution in [3.05, 3.63) is 30.1 Å². The number of nitrogens with one attached hydrogen (secondary N) is 2. The van der Waals surface area contributed by atoms with Crippen LogP contribution in [0.25, 0.3) is 0 Å². The van der Waals surface area contributed by atoms with Crippen LogP contribution in [0, 0.1) is 11.8 Å². The first-order valence-corrected chi connectivity index (χ1v) is 9.98. The SMILES string of the molecule is CS(=O)(=O)NC1CCCC1CNC(=O)[C@@H]1C[C@H]1c1cccnc1. The van der Waals surface area contributed by atoms with Crippen LogP contribution in [0.4, 0.5) is 0 Å². The fraction of sp³-hybridized carbons (Fsp3) is 0.625. The van der Waals surface area contributed by atoms with Crippen LogP contribution in [0.3, 0.4) is 0 Å². The summed E-state index contributed by atoms with van der Waals surface area (Å²) in [6.07, 6.45) is 8.39. The van der Waals surface area contributed by atoms with E-state index in [0.717, 1.165) is 31.2 Å². The topological polar surface area (TPSA) is 88.2 Å². The Kier molecular flexibility index (Phi) is 4.68. The molecule has 1 heterocycles. The predicted molar refractivity (Wildman–Crippen MR) is 87.2 cm³/mol. The zero-order valence-electron chi connectivity index (χ0n) is 13.2. The highest BCUT2D eigenvalue weighted by Gasteiger charge is 2.44. The van der Waals surface area contributed by atoms with Gasteiger partial charge >= 0.3 is 0 Å². The standard InChI is InChI=1S/C16H23N3O3S/c1-23(21,22)19-15-6-2-4-12(15)10-18-16(20)14-8-13(14)11-5-3-7-17-9-11/h3,5,7,9,12-15,19H,2,4,6,8,10H2,1H3,(H,18,20)/t12?,13-,14+,15?/m0/s1. The van der Waals surface area contributed by atoms with Gasteiger partial charge in [-0.15, -0.1) is 0 Å². The summed E-state index contributed by atoms with van der Waals surface area (Å²) in [5.41, 5.74) is 1.12. The van der Waals surface area contributed by atoms with Gasteiger partial charge in [0.25, 0.3) is 0 Å². The van der Waals surface area contributed by atoms with Crippen molar-refractivity contribution in [2.45, 2.75) is 37.6 Å². The van der Waals surface area contributed by atoms with Crippen LogP contribution in [-0.4, -0.2) is 38.2 Å². The Balaban J connectivity index is 1.48. The average Bonchev–Trinajstić information content (AvgIpc) is 3.20. The van der Waals surface area contributed by atoms with E-state index in [1.807, 2.05) is 18.3 Å². The molecule has 2 fully saturated rings. The zero-order valence-corrected chi connectivity index (χ0v) is 14.1. The van der Waals surface area contributed by atoms with Crippen LogP contribution in [-0.2, 0) is 14.8 Å². The van der Waals surface area contributed by atoms with Gasteiger partial charge in [-0.2, -0.15) is 0 Å². The number of hydrogen-bond donors (Lipinski definition) is 2. The summed E-state index contributed by atoms with van der Waals surface area (Å²) in [4.78, 5) is 16.4. The third kappa shape index (κ3) is 4.29. The molecule has 0 bridgehead atoms. The molecule has 7 heteroatoms. The van der Waals surface area contributed by atoms with Gasteiger partial charge in [0, 0.05) is 30.9 Å². The van der Waals surface area contributed by atoms with E-state index < -0.39 is 10.0 Å². The van der Waals surface area contributed by atoms with Gasteiger partial charge < -0.3 is 5.32 Å². The molecule has 6 nitrogen and oxygen atoms in total. The van der Waals surface area contributed by atoms with E-state index in [0.29, 0.717) is 6.54 Å². The van der Waals surface area contributed by atoms with E-state index in [4.69, 9.17) is 0 Å². The number of pyridine rings is 1. The summed E-state index contributed by atoms with van der Waals surface area (Å²) >= 11 is 0. The van der Waals surface area contributed by atoms with Gasteiger partial charge in [-0.1, -0.05) is 12.5 Å². The molecule has 0 saturated heterocycles. The van der Waals surface area contributed by atoms with Gasteiger partial charge in [0.15, 0.2) is 0 Å². The highest BCUT2D eigenvalue weighted by atomic mass is 32.2. The fourth-order valence-corrected chi connectivity index (χ4v) is 4.38. The first-order valence-electron chi connectivity index (χ1n) is 8.09. The lowest BCUT2D eigenvalue weighted by molar-refractivity contribution is -0.122. The van der Waals surface area contributed by atoms with Gasteiger partial charge in [-0.3, -0.25) is 9.78 Å². The number of sulfonamides is 1. The van der Waals surface area contributed by atoms with Crippen molar-refractivity contribution in [3.8, 4) is 0 Å². The Morgan fingerprint density at radius 2 is 2.22 bits per heavy atom. The highest BCUT2D eigenvalue weighted by Crippen LogP contribution is 2.47. The van der Waals surface area contributed by atoms with Gasteiger partial charge in [0.1, 0.15) is 0 Å². The van der Waals surface area contributed by atoms with Gasteiger partial charge in [-0.25, -0.2) is 13.1 Å². The van der Waals surface area contributed by atoms with Crippen molar-refractivity contribution in [1.82, 2.24) is 15.0 Å². The second-order valence-electron chi connectivity index (χ2n) is 6.67. The number of rotatable bonds is 6. The molecule has 3 rings (SSSR count). The van der Waals surface area contributed by atoms with Crippen LogP contribution < -0.4 is 10.0 Å². The van der Waals surface area contributed by atoms with E-state index in [-0.39, 0.29) is 29.7 Å². The minimum absolute atomic E-state index is 0.0296. The summed E-state index contributed by atoms with van der Waals surface area (Å²) in [5, 5.41) is 3.01. The first-order chi connectivity index (χ1) is 10.9. The minimum Gasteiger partial charge on any atom is -0.356 e. The van der Waals surface area contributed by atoms with Crippen molar-refractivity contribution in [1.29, 1.82) is 0 Å². The van der Waals surface area contributed by atoms with Crippen molar-refractivity contribution in [3.63, 3.8) is 0 Å². The number of carbonyl (C=O) groups is 1. The molecule has 2 aliphatic rings. The smallest absolute Gasteiger partial charge is 0.223 e. The van der Waals surface area contributed by atoms with E-state index in [1.165, 1.54) is 6.26 Å². The van der Waals surface area contributed by atoms with Gasteiger partial charge in [0.05, 0.1) is 6.26 Å². The molecule has 4 atom stereocenters. The van der Waals surface area contributed by atoms with Gasteiger partial charge in [0.2, 0.25) is 15.9 Å². The maximum atomic E-state index is 12.3. The van der Waals surface area contributed by atoms with E-state index >= 15 is 0 Å². The normalized spacial score (nSPS) is 30.1. The second kappa shape index (κ2) is 6.57. The number of aromatic nitrogens is 1. The van der Waals surface area contributed by atoms with E-state index in [2.05, 4.69) is 15.0 Å². The third-order valence-electron chi connectivity index (χ3n) is 4.80. The van der Waals surface area contributed by atoms with Crippen LogP contribution in [0.1, 0.15) is 37.2 Å². The molecule has 2 unspecified atom stereocenters. The Morgan fingerprint density at radius 1 is 1.39 bits per heavy atom. The Hall–Kier alpha value is -1.47. The second-order valence-corrected chi connectivity index (χ2v) is 8.45. The lowest BCUT2D eigenvalue weighted by atomic mass is 10.0. The molecule has 1 aromatic rings. The number of carbonyl (C=O) groups excluding carboxylic acids is 1. The Morgan fingerprint density at radius 3 is 2.91 bits per heavy atom. The molecule has 1 amide bonds. The van der Waals surface area contributed by atoms with Crippen molar-refractivity contribution in [2.24, 2.45) is 11.8 Å². The lowest BCUT2D eigenvalue weighted by Gasteiger charge is -2.20. The maximum absolute atomic E-state index is 12.3. The largest absolute Gasteiger partial charge is 0.356 e. The monoisotopic (exact) mass is 337 g/mol. The van der Waals surface area contributed by atoms with Crippen molar-refractivity contribution in [2.75, 3.05) is 12.8 Å². The summed E-state index contributed by atoms with van der Waals surface area (Å²) in [7, 11) is -3.20. The molecule has 2 N–H and O–H groups in total. The van der Waals surface area contributed by atoms with Crippen molar-refractivity contribution < 1.29 is 13.2 Å². The van der Waals surface area contributed by atoms with Crippen molar-refractivity contribution >= 4 is 15.9 Å². The molecule has 1 aromatic heterocycles. The van der Waals surface area contributed by atoms with Gasteiger partial charge in [-0.05, 0) is 42.7 Å². The number of hydrogen-bond acceptors (Lipinski definition) is 4. The molecule has 0 aliphatic heterocycles. The molecule has 126 valence electrons. The molecule has 23 heavy (non-hydrogen) atoms. The number of amides is 1. The third-order valence-corrected chi connectivity index (χ3v) is 5.53. The van der Waals surface area contributed by atoms with E-state index in [9.17, 15) is 13.2 Å². The molecule has 0 aromatic carbocycles. The Bertz CT molecular complexity index is 662. The molecular weight excluding hydrogens is 314 g/mol. The molecule has 0 spiro atoms. The van der Waals surface area contributed by atoms with Crippen LogP contribution >= 0.6 is 0 Å². The van der Waals surface area contributed by atoms with Crippen LogP contribution in [0.5, 0.6) is 0 Å². The minimum atomic E-state index is -3.20. The maximum Gasteiger partial charge on any atom is 0.223 e. The zero-order chi connectivity index (χ0) is 16.4. The quantitative estimate of drug-likeness (QED) is 0.811. The molecular formula is C16H23N3O3S. The molecule has 0 radical (unpaired) electrons. The average molecular weight is 337 g/mol. The lowest BCUT2D eigenvalue weighted by Crippen LogP contribution is -2.41. The first kappa shape index (κ1) is 16.4. The van der Waals surface area contributed by atoms with E-state index in [1.54, 1.807) is 6.20 Å². The highest BCUT2D eigenvalue weighted by molar-refractivity contribution is 7.88. The summed E-state index contributed by atoms with van der Waals surface area (Å²) < 4.78 is 25.5. The molecule has 2 aliphatic carbocycles. The summed E-state index contributed by atoms with van der Waals surface area (Å²) in [6, 6.07) is 3.84. The number of nitrogens with zero attached hydrogens (tertiary/aromatic N) is 1. The van der Waals surface area contributed by atoms with Crippen LogP contribution in [0.15, 0.2) is 24.5 Å². The summed E-state index contributed by atoms with van der Waals surface area (Å²) in [5.74, 6) is 0.562. The Labute approximate surface area is 137 Å². The molecule has 2 saturated carbocycles. The fourth-order valence-electron chi connectivity index (χ4n) is 3.52. The van der Waals surface area contributed by atoms with Crippen LogP contribution in [0.2, 0.25) is 0 Å².